The first-order chi connectivity index (χ1) is 9.19. The average Bonchev–Trinajstić information content (AvgIpc) is 2.84. The van der Waals surface area contributed by atoms with E-state index >= 15 is 0 Å². The van der Waals surface area contributed by atoms with Gasteiger partial charge in [-0.3, -0.25) is 0 Å². The largest absolute Gasteiger partial charge is 0.478 e. The van der Waals surface area contributed by atoms with Crippen LogP contribution >= 0.6 is 22.9 Å². The SMILES string of the molecule is CCOc1cc(NCC(O)c2ccc(Cl)s2)ncn1. The summed E-state index contributed by atoms with van der Waals surface area (Å²) in [5.74, 6) is 1.12. The van der Waals surface area contributed by atoms with E-state index in [2.05, 4.69) is 15.3 Å². The second kappa shape index (κ2) is 6.70. The smallest absolute Gasteiger partial charge is 0.218 e. The maximum atomic E-state index is 9.98. The number of nitrogens with zero attached hydrogens (tertiary/aromatic N) is 2. The molecule has 0 radical (unpaired) electrons. The number of nitrogens with one attached hydrogen (secondary N) is 1. The number of halogens is 1. The Labute approximate surface area is 120 Å². The van der Waals surface area contributed by atoms with Crippen molar-refractivity contribution in [3.63, 3.8) is 0 Å². The van der Waals surface area contributed by atoms with Gasteiger partial charge >= 0.3 is 0 Å². The number of aliphatic hydroxyl groups excluding tert-OH is 1. The Morgan fingerprint density at radius 2 is 2.32 bits per heavy atom. The van der Waals surface area contributed by atoms with Crippen LogP contribution in [-0.4, -0.2) is 28.2 Å². The molecule has 102 valence electrons. The molecular formula is C12H14ClN3O2S. The number of hydrogen-bond donors (Lipinski definition) is 2. The van der Waals surface area contributed by atoms with Crippen LogP contribution in [0.4, 0.5) is 5.82 Å². The summed E-state index contributed by atoms with van der Waals surface area (Å²) in [5.41, 5.74) is 0. The van der Waals surface area contributed by atoms with Crippen LogP contribution in [0.15, 0.2) is 24.5 Å². The van der Waals surface area contributed by atoms with Crippen molar-refractivity contribution in [1.29, 1.82) is 0 Å². The van der Waals surface area contributed by atoms with Crippen LogP contribution < -0.4 is 10.1 Å². The lowest BCUT2D eigenvalue weighted by Crippen LogP contribution is -2.12. The van der Waals surface area contributed by atoms with Crippen LogP contribution in [0.5, 0.6) is 5.88 Å². The maximum absolute atomic E-state index is 9.98. The summed E-state index contributed by atoms with van der Waals surface area (Å²) in [7, 11) is 0. The van der Waals surface area contributed by atoms with E-state index in [1.54, 1.807) is 12.1 Å². The van der Waals surface area contributed by atoms with Gasteiger partial charge < -0.3 is 15.2 Å². The third-order valence-corrected chi connectivity index (χ3v) is 3.67. The first kappa shape index (κ1) is 14.0. The van der Waals surface area contributed by atoms with Crippen molar-refractivity contribution < 1.29 is 9.84 Å². The molecule has 0 amide bonds. The first-order valence-electron chi connectivity index (χ1n) is 5.81. The molecule has 0 aliphatic heterocycles. The minimum atomic E-state index is -0.622. The first-order valence-corrected chi connectivity index (χ1v) is 7.00. The fourth-order valence-electron chi connectivity index (χ4n) is 1.47. The Hall–Kier alpha value is -1.37. The molecule has 2 rings (SSSR count). The van der Waals surface area contributed by atoms with Gasteiger partial charge in [0.25, 0.3) is 0 Å². The quantitative estimate of drug-likeness (QED) is 0.858. The standard InChI is InChI=1S/C12H14ClN3O2S/c1-2-18-12-5-11(15-7-16-12)14-6-8(17)9-3-4-10(13)19-9/h3-5,7-8,17H,2,6H2,1H3,(H,14,15,16). The van der Waals surface area contributed by atoms with Gasteiger partial charge in [-0.25, -0.2) is 9.97 Å². The van der Waals surface area contributed by atoms with Gasteiger partial charge in [-0.15, -0.1) is 11.3 Å². The van der Waals surface area contributed by atoms with Crippen LogP contribution in [0.1, 0.15) is 17.9 Å². The van der Waals surface area contributed by atoms with Crippen molar-refractivity contribution in [2.75, 3.05) is 18.5 Å². The molecule has 2 heterocycles. The van der Waals surface area contributed by atoms with E-state index in [9.17, 15) is 5.11 Å². The zero-order valence-electron chi connectivity index (χ0n) is 10.3. The molecule has 0 bridgehead atoms. The normalized spacial score (nSPS) is 12.2. The van der Waals surface area contributed by atoms with Gasteiger partial charge in [0.05, 0.1) is 10.9 Å². The Balaban J connectivity index is 1.93. The highest BCUT2D eigenvalue weighted by Crippen LogP contribution is 2.27. The lowest BCUT2D eigenvalue weighted by Gasteiger charge is -2.11. The monoisotopic (exact) mass is 299 g/mol. The van der Waals surface area contributed by atoms with Crippen LogP contribution in [0.25, 0.3) is 0 Å². The topological polar surface area (TPSA) is 67.3 Å². The molecule has 0 saturated heterocycles. The summed E-state index contributed by atoms with van der Waals surface area (Å²) in [6.07, 6.45) is 0.796. The minimum Gasteiger partial charge on any atom is -0.478 e. The Kier molecular flexibility index (Phi) is 4.95. The number of aliphatic hydroxyl groups is 1. The Morgan fingerprint density at radius 1 is 1.47 bits per heavy atom. The van der Waals surface area contributed by atoms with Gasteiger partial charge in [0.15, 0.2) is 0 Å². The number of aromatic nitrogens is 2. The highest BCUT2D eigenvalue weighted by Gasteiger charge is 2.10. The zero-order valence-corrected chi connectivity index (χ0v) is 11.9. The van der Waals surface area contributed by atoms with Crippen molar-refractivity contribution in [2.45, 2.75) is 13.0 Å². The molecular weight excluding hydrogens is 286 g/mol. The van der Waals surface area contributed by atoms with Crippen molar-refractivity contribution in [3.05, 3.63) is 33.7 Å². The Bertz CT molecular complexity index is 535. The van der Waals surface area contributed by atoms with Gasteiger partial charge in [0, 0.05) is 17.5 Å². The number of thiophene rings is 1. The summed E-state index contributed by atoms with van der Waals surface area (Å²) in [6, 6.07) is 5.27. The molecule has 0 spiro atoms. The van der Waals surface area contributed by atoms with Gasteiger partial charge in [0.1, 0.15) is 18.2 Å². The molecule has 1 unspecified atom stereocenters. The fraction of sp³-hybridized carbons (Fsp3) is 0.333. The minimum absolute atomic E-state index is 0.347. The number of rotatable bonds is 6. The molecule has 7 heteroatoms. The second-order valence-corrected chi connectivity index (χ2v) is 5.46. The summed E-state index contributed by atoms with van der Waals surface area (Å²) >= 11 is 7.19. The predicted octanol–water partition coefficient (Wildman–Crippen LogP) is 2.74. The van der Waals surface area contributed by atoms with Crippen LogP contribution in [-0.2, 0) is 0 Å². The maximum Gasteiger partial charge on any atom is 0.218 e. The molecule has 0 aliphatic carbocycles. The molecule has 1 atom stereocenters. The third-order valence-electron chi connectivity index (χ3n) is 2.33. The fourth-order valence-corrected chi connectivity index (χ4v) is 2.52. The third kappa shape index (κ3) is 4.05. The van der Waals surface area contributed by atoms with Gasteiger partial charge in [0.2, 0.25) is 5.88 Å². The molecule has 2 aromatic heterocycles. The van der Waals surface area contributed by atoms with Crippen LogP contribution in [0, 0.1) is 0 Å². The van der Waals surface area contributed by atoms with Crippen LogP contribution in [0.3, 0.4) is 0 Å². The molecule has 0 aromatic carbocycles. The van der Waals surface area contributed by atoms with Gasteiger partial charge in [-0.1, -0.05) is 11.6 Å². The van der Waals surface area contributed by atoms with E-state index < -0.39 is 6.10 Å². The van der Waals surface area contributed by atoms with E-state index in [-0.39, 0.29) is 0 Å². The molecule has 5 nitrogen and oxygen atoms in total. The number of hydrogen-bond acceptors (Lipinski definition) is 6. The van der Waals surface area contributed by atoms with E-state index in [1.807, 2.05) is 13.0 Å². The highest BCUT2D eigenvalue weighted by molar-refractivity contribution is 7.16. The molecule has 2 aromatic rings. The highest BCUT2D eigenvalue weighted by atomic mass is 35.5. The zero-order chi connectivity index (χ0) is 13.7. The van der Waals surface area contributed by atoms with Gasteiger partial charge in [-0.2, -0.15) is 0 Å². The lowest BCUT2D eigenvalue weighted by atomic mass is 10.3. The molecule has 0 aliphatic rings. The van der Waals surface area contributed by atoms with Crippen molar-refractivity contribution >= 4 is 28.8 Å². The molecule has 2 N–H and O–H groups in total. The average molecular weight is 300 g/mol. The second-order valence-electron chi connectivity index (χ2n) is 3.71. The van der Waals surface area contributed by atoms with Gasteiger partial charge in [-0.05, 0) is 19.1 Å². The molecule has 0 saturated carbocycles. The van der Waals surface area contributed by atoms with Crippen molar-refractivity contribution in [2.24, 2.45) is 0 Å². The van der Waals surface area contributed by atoms with E-state index in [0.717, 1.165) is 4.88 Å². The van der Waals surface area contributed by atoms with E-state index in [4.69, 9.17) is 16.3 Å². The molecule has 19 heavy (non-hydrogen) atoms. The number of anilines is 1. The Morgan fingerprint density at radius 3 is 3.00 bits per heavy atom. The van der Waals surface area contributed by atoms with Crippen molar-refractivity contribution in [3.8, 4) is 5.88 Å². The summed E-state index contributed by atoms with van der Waals surface area (Å²) in [5, 5.41) is 13.0. The van der Waals surface area contributed by atoms with E-state index in [0.29, 0.717) is 29.2 Å². The van der Waals surface area contributed by atoms with Crippen molar-refractivity contribution in [1.82, 2.24) is 9.97 Å². The summed E-state index contributed by atoms with van der Waals surface area (Å²) in [4.78, 5) is 8.84. The van der Waals surface area contributed by atoms with Crippen LogP contribution in [0.2, 0.25) is 4.34 Å². The van der Waals surface area contributed by atoms with E-state index in [1.165, 1.54) is 17.7 Å². The molecule has 0 fully saturated rings. The summed E-state index contributed by atoms with van der Waals surface area (Å²) in [6.45, 7) is 2.78. The number of ether oxygens (including phenoxy) is 1. The predicted molar refractivity (Wildman–Crippen MR) is 76.0 cm³/mol. The lowest BCUT2D eigenvalue weighted by molar-refractivity contribution is 0.195. The summed E-state index contributed by atoms with van der Waals surface area (Å²) < 4.78 is 5.93.